The Morgan fingerprint density at radius 2 is 1.90 bits per heavy atom. The molecule has 1 heterocycles. The van der Waals surface area contributed by atoms with Crippen molar-refractivity contribution in [3.63, 3.8) is 0 Å². The van der Waals surface area contributed by atoms with Gasteiger partial charge in [-0.15, -0.1) is 0 Å². The zero-order valence-electron chi connectivity index (χ0n) is 10.3. The zero-order chi connectivity index (χ0) is 15.6. The molecule has 1 N–H and O–H groups in total. The number of hydrogen-bond donors (Lipinski definition) is 1. The molecule has 0 aliphatic carbocycles. The summed E-state index contributed by atoms with van der Waals surface area (Å²) >= 11 is -2.39. The van der Waals surface area contributed by atoms with E-state index >= 15 is 0 Å². The molecule has 0 spiro atoms. The number of aromatic nitrogens is 2. The molecule has 0 aliphatic heterocycles. The van der Waals surface area contributed by atoms with Gasteiger partial charge in [-0.2, -0.15) is 13.2 Å². The predicted octanol–water partition coefficient (Wildman–Crippen LogP) is 3.02. The second kappa shape index (κ2) is 5.86. The monoisotopic (exact) mass is 320 g/mol. The molecular weight excluding hydrogens is 312 g/mol. The predicted molar refractivity (Wildman–Crippen MR) is 66.9 cm³/mol. The van der Waals surface area contributed by atoms with E-state index in [-0.39, 0.29) is 11.3 Å². The van der Waals surface area contributed by atoms with Gasteiger partial charge in [0.2, 0.25) is 0 Å². The highest BCUT2D eigenvalue weighted by atomic mass is 32.2. The normalized spacial score (nSPS) is 13.2. The summed E-state index contributed by atoms with van der Waals surface area (Å²) in [6, 6.07) is 5.52. The van der Waals surface area contributed by atoms with Crippen molar-refractivity contribution in [2.45, 2.75) is 11.9 Å². The molecule has 0 amide bonds. The van der Waals surface area contributed by atoms with Crippen LogP contribution < -0.4 is 0 Å². The van der Waals surface area contributed by atoms with E-state index in [0.29, 0.717) is 6.07 Å². The minimum absolute atomic E-state index is 0.118. The average molecular weight is 320 g/mol. The maximum absolute atomic E-state index is 13.1. The van der Waals surface area contributed by atoms with Gasteiger partial charge in [-0.1, -0.05) is 12.1 Å². The van der Waals surface area contributed by atoms with Crippen molar-refractivity contribution >= 4 is 11.1 Å². The van der Waals surface area contributed by atoms with Gasteiger partial charge in [-0.25, -0.2) is 18.6 Å². The fraction of sp³-hybridized carbons (Fsp3) is 0.167. The lowest BCUT2D eigenvalue weighted by Crippen LogP contribution is -2.12. The van der Waals surface area contributed by atoms with Crippen LogP contribution in [-0.4, -0.2) is 18.7 Å². The maximum atomic E-state index is 13.1. The summed E-state index contributed by atoms with van der Waals surface area (Å²) in [5.74, 6) is -1.72. The van der Waals surface area contributed by atoms with E-state index in [9.17, 15) is 21.8 Å². The van der Waals surface area contributed by atoms with Crippen molar-refractivity contribution in [1.29, 1.82) is 0 Å². The van der Waals surface area contributed by atoms with Crippen molar-refractivity contribution in [2.24, 2.45) is 0 Å². The van der Waals surface area contributed by atoms with E-state index in [1.165, 1.54) is 12.1 Å². The molecule has 0 saturated carbocycles. The van der Waals surface area contributed by atoms with Crippen molar-refractivity contribution in [2.75, 3.05) is 0 Å². The summed E-state index contributed by atoms with van der Waals surface area (Å²) in [4.78, 5) is 6.98. The Hall–Kier alpha value is -1.87. The van der Waals surface area contributed by atoms with E-state index in [2.05, 4.69) is 9.97 Å². The third-order valence-corrected chi connectivity index (χ3v) is 2.94. The van der Waals surface area contributed by atoms with Crippen molar-refractivity contribution in [1.82, 2.24) is 9.97 Å². The molecule has 1 atom stereocenters. The lowest BCUT2D eigenvalue weighted by Gasteiger charge is -2.10. The van der Waals surface area contributed by atoms with Crippen LogP contribution in [0.3, 0.4) is 0 Å². The first kappa shape index (κ1) is 15.5. The third kappa shape index (κ3) is 4.05. The molecule has 1 aromatic carbocycles. The van der Waals surface area contributed by atoms with Crippen LogP contribution in [0.15, 0.2) is 30.3 Å². The Bertz CT molecular complexity index is 691. The van der Waals surface area contributed by atoms with Gasteiger partial charge in [0.1, 0.15) is 23.1 Å². The van der Waals surface area contributed by atoms with Crippen LogP contribution in [0.25, 0.3) is 11.3 Å². The molecule has 0 aliphatic rings. The summed E-state index contributed by atoms with van der Waals surface area (Å²) in [5, 5.41) is 0. The summed E-state index contributed by atoms with van der Waals surface area (Å²) in [5.41, 5.74) is -1.30. The van der Waals surface area contributed by atoms with E-state index in [1.54, 1.807) is 0 Å². The van der Waals surface area contributed by atoms with Gasteiger partial charge >= 0.3 is 6.18 Å². The SMILES string of the molecule is O=S(O)Cc1nc(-c2cccc(F)c2)cc(C(F)(F)F)n1. The van der Waals surface area contributed by atoms with Gasteiger partial charge in [0, 0.05) is 5.56 Å². The smallest absolute Gasteiger partial charge is 0.306 e. The number of hydrogen-bond acceptors (Lipinski definition) is 3. The molecule has 9 heteroatoms. The molecule has 21 heavy (non-hydrogen) atoms. The zero-order valence-corrected chi connectivity index (χ0v) is 11.1. The Balaban J connectivity index is 2.57. The Morgan fingerprint density at radius 1 is 1.19 bits per heavy atom. The van der Waals surface area contributed by atoms with Crippen LogP contribution in [0.2, 0.25) is 0 Å². The molecule has 112 valence electrons. The topological polar surface area (TPSA) is 63.1 Å². The number of benzene rings is 1. The minimum atomic E-state index is -4.74. The van der Waals surface area contributed by atoms with Crippen LogP contribution in [0.1, 0.15) is 11.5 Å². The van der Waals surface area contributed by atoms with Crippen LogP contribution in [0.4, 0.5) is 17.6 Å². The summed E-state index contributed by atoms with van der Waals surface area (Å²) in [7, 11) is 0. The largest absolute Gasteiger partial charge is 0.433 e. The molecular formula is C12H8F4N2O2S. The van der Waals surface area contributed by atoms with E-state index < -0.39 is 40.3 Å². The molecule has 0 radical (unpaired) electrons. The van der Waals surface area contributed by atoms with Gasteiger partial charge in [0.05, 0.1) is 5.69 Å². The lowest BCUT2D eigenvalue weighted by molar-refractivity contribution is -0.141. The minimum Gasteiger partial charge on any atom is -0.306 e. The van der Waals surface area contributed by atoms with Gasteiger partial charge < -0.3 is 4.55 Å². The first-order valence-electron chi connectivity index (χ1n) is 5.54. The highest BCUT2D eigenvalue weighted by molar-refractivity contribution is 7.78. The quantitative estimate of drug-likeness (QED) is 0.697. The van der Waals surface area contributed by atoms with E-state index in [0.717, 1.165) is 12.1 Å². The van der Waals surface area contributed by atoms with Crippen LogP contribution in [-0.2, 0) is 23.0 Å². The highest BCUT2D eigenvalue weighted by Crippen LogP contribution is 2.30. The standard InChI is InChI=1S/C12H8F4N2O2S/c13-8-3-1-2-7(4-8)9-5-10(12(14,15)16)18-11(17-9)6-21(19)20/h1-5H,6H2,(H,19,20). The third-order valence-electron chi connectivity index (χ3n) is 2.44. The van der Waals surface area contributed by atoms with Crippen LogP contribution in [0.5, 0.6) is 0 Å². The average Bonchev–Trinajstić information content (AvgIpc) is 2.36. The molecule has 0 saturated heterocycles. The number of rotatable bonds is 3. The van der Waals surface area contributed by atoms with E-state index in [1.807, 2.05) is 0 Å². The summed E-state index contributed by atoms with van der Waals surface area (Å²) in [6.07, 6.45) is -4.74. The Labute approximate surface area is 119 Å². The fourth-order valence-electron chi connectivity index (χ4n) is 1.61. The lowest BCUT2D eigenvalue weighted by atomic mass is 10.1. The molecule has 4 nitrogen and oxygen atoms in total. The van der Waals surface area contributed by atoms with Gasteiger partial charge in [-0.05, 0) is 18.2 Å². The molecule has 0 bridgehead atoms. The molecule has 2 rings (SSSR count). The van der Waals surface area contributed by atoms with Crippen LogP contribution in [0, 0.1) is 5.82 Å². The number of alkyl halides is 3. The van der Waals surface area contributed by atoms with Crippen LogP contribution >= 0.6 is 0 Å². The van der Waals surface area contributed by atoms with Gasteiger partial charge in [0.15, 0.2) is 11.1 Å². The van der Waals surface area contributed by atoms with E-state index in [4.69, 9.17) is 4.55 Å². The van der Waals surface area contributed by atoms with Crippen molar-refractivity contribution in [3.8, 4) is 11.3 Å². The van der Waals surface area contributed by atoms with Gasteiger partial charge in [0.25, 0.3) is 0 Å². The molecule has 2 aromatic rings. The van der Waals surface area contributed by atoms with Crippen molar-refractivity contribution in [3.05, 3.63) is 47.7 Å². The van der Waals surface area contributed by atoms with Gasteiger partial charge in [-0.3, -0.25) is 0 Å². The first-order chi connectivity index (χ1) is 9.75. The second-order valence-corrected chi connectivity index (χ2v) is 4.96. The molecule has 1 unspecified atom stereocenters. The summed E-state index contributed by atoms with van der Waals surface area (Å²) < 4.78 is 71.0. The molecule has 1 aromatic heterocycles. The Morgan fingerprint density at radius 3 is 2.48 bits per heavy atom. The molecule has 0 fully saturated rings. The maximum Gasteiger partial charge on any atom is 0.433 e. The highest BCUT2D eigenvalue weighted by Gasteiger charge is 2.33. The summed E-state index contributed by atoms with van der Waals surface area (Å²) in [6.45, 7) is 0. The Kier molecular flexibility index (Phi) is 4.33. The second-order valence-electron chi connectivity index (χ2n) is 4.03. The fourth-order valence-corrected chi connectivity index (χ4v) is 1.96. The first-order valence-corrected chi connectivity index (χ1v) is 6.82. The van der Waals surface area contributed by atoms with Crippen molar-refractivity contribution < 1.29 is 26.3 Å². The number of halogens is 4. The number of nitrogens with zero attached hydrogens (tertiary/aromatic N) is 2.